The van der Waals surface area contributed by atoms with E-state index in [-0.39, 0.29) is 48.2 Å². The molecule has 0 spiro atoms. The van der Waals surface area contributed by atoms with Crippen LogP contribution >= 0.6 is 0 Å². The summed E-state index contributed by atoms with van der Waals surface area (Å²) in [5.41, 5.74) is 11.2. The molecule has 0 radical (unpaired) electrons. The van der Waals surface area contributed by atoms with Crippen molar-refractivity contribution in [2.24, 2.45) is 17.8 Å². The lowest BCUT2D eigenvalue weighted by atomic mass is 9.76. The largest absolute Gasteiger partial charge is 0.504 e. The third-order valence-electron chi connectivity index (χ3n) is 11.2. The lowest BCUT2D eigenvalue weighted by Gasteiger charge is -2.33. The van der Waals surface area contributed by atoms with Crippen molar-refractivity contribution in [3.05, 3.63) is 82.8 Å². The zero-order valence-corrected chi connectivity index (χ0v) is 29.0. The fourth-order valence-electron chi connectivity index (χ4n) is 8.40. The summed E-state index contributed by atoms with van der Waals surface area (Å²) in [6.07, 6.45) is 10.3. The minimum atomic E-state index is -1.01. The van der Waals surface area contributed by atoms with Crippen LogP contribution < -0.4 is 10.5 Å². The van der Waals surface area contributed by atoms with Crippen LogP contribution in [0.5, 0.6) is 11.5 Å². The number of H-pyrrole nitrogens is 1. The number of phenolic OH excluding ortho intramolecular Hbond substituents is 1. The highest BCUT2D eigenvalue weighted by Crippen LogP contribution is 2.48. The van der Waals surface area contributed by atoms with Crippen molar-refractivity contribution in [2.75, 3.05) is 12.3 Å². The second-order valence-corrected chi connectivity index (χ2v) is 14.5. The highest BCUT2D eigenvalue weighted by atomic mass is 16.5. The molecule has 8 N–H and O–H groups in total. The van der Waals surface area contributed by atoms with Gasteiger partial charge in [-0.3, -0.25) is 0 Å². The first-order valence-corrected chi connectivity index (χ1v) is 18.5. The van der Waals surface area contributed by atoms with E-state index in [1.54, 1.807) is 12.3 Å². The molecule has 9 nitrogen and oxygen atoms in total. The van der Waals surface area contributed by atoms with E-state index in [9.17, 15) is 25.5 Å². The molecule has 1 aromatic carbocycles. The number of nitrogen functional groups attached to an aromatic ring is 1. The smallest absolute Gasteiger partial charge is 0.161 e. The fourth-order valence-corrected chi connectivity index (χ4v) is 8.40. The fraction of sp³-hybridized carbons (Fsp3) is 0.537. The van der Waals surface area contributed by atoms with E-state index in [1.165, 1.54) is 5.57 Å². The number of hydrogen-bond donors (Lipinski definition) is 7. The first-order valence-electron chi connectivity index (χ1n) is 18.5. The zero-order valence-electron chi connectivity index (χ0n) is 29.0. The van der Waals surface area contributed by atoms with Crippen LogP contribution in [0.25, 0.3) is 0 Å². The summed E-state index contributed by atoms with van der Waals surface area (Å²) in [7, 11) is 0. The highest BCUT2D eigenvalue weighted by Gasteiger charge is 2.40. The summed E-state index contributed by atoms with van der Waals surface area (Å²) >= 11 is 0. The van der Waals surface area contributed by atoms with Gasteiger partial charge in [-0.2, -0.15) is 0 Å². The van der Waals surface area contributed by atoms with Gasteiger partial charge in [0.25, 0.3) is 0 Å². The Bertz CT molecular complexity index is 1660. The predicted octanol–water partition coefficient (Wildman–Crippen LogP) is 5.52. The molecule has 0 aliphatic heterocycles. The van der Waals surface area contributed by atoms with E-state index >= 15 is 0 Å². The van der Waals surface area contributed by atoms with Crippen LogP contribution in [0.3, 0.4) is 0 Å². The van der Waals surface area contributed by atoms with Crippen molar-refractivity contribution in [3.63, 3.8) is 0 Å². The number of fused-ring (bicyclic) bond motifs is 4. The third kappa shape index (κ3) is 8.38. The van der Waals surface area contributed by atoms with Gasteiger partial charge in [-0.25, -0.2) is 4.98 Å². The molecule has 50 heavy (non-hydrogen) atoms. The number of rotatable bonds is 11. The summed E-state index contributed by atoms with van der Waals surface area (Å²) in [6.45, 7) is 1.95. The number of benzene rings is 1. The number of aryl methyl sites for hydroxylation is 1. The van der Waals surface area contributed by atoms with Gasteiger partial charge in [-0.05, 0) is 110 Å². The van der Waals surface area contributed by atoms with Crippen LogP contribution in [-0.4, -0.2) is 66.5 Å². The summed E-state index contributed by atoms with van der Waals surface area (Å²) in [4.78, 5) is 7.43. The lowest BCUT2D eigenvalue weighted by molar-refractivity contribution is -0.00726. The van der Waals surface area contributed by atoms with E-state index in [0.29, 0.717) is 37.4 Å². The number of nitrogens with two attached hydrogens (primary N) is 1. The van der Waals surface area contributed by atoms with Crippen molar-refractivity contribution in [1.82, 2.24) is 9.97 Å². The van der Waals surface area contributed by atoms with Crippen LogP contribution in [0.2, 0.25) is 0 Å². The average molecular weight is 684 g/mol. The Kier molecular flexibility index (Phi) is 11.9. The molecule has 0 bridgehead atoms. The maximum Gasteiger partial charge on any atom is 0.161 e. The van der Waals surface area contributed by atoms with Gasteiger partial charge in [0.05, 0.1) is 18.3 Å². The van der Waals surface area contributed by atoms with Crippen molar-refractivity contribution < 1.29 is 30.3 Å². The lowest BCUT2D eigenvalue weighted by Crippen LogP contribution is -2.37. The van der Waals surface area contributed by atoms with Gasteiger partial charge in [0.2, 0.25) is 0 Å². The molecule has 3 aliphatic carbocycles. The number of hydrogen-bond acceptors (Lipinski definition) is 8. The molecule has 6 rings (SSSR count). The molecule has 9 heteroatoms. The number of aromatic hydroxyl groups is 1. The molecule has 2 aromatic heterocycles. The number of allylic oxidation sites excluding steroid dienone is 2. The van der Waals surface area contributed by atoms with Gasteiger partial charge in [0, 0.05) is 54.8 Å². The molecule has 0 fully saturated rings. The normalized spacial score (nSPS) is 26.8. The Labute approximate surface area is 295 Å². The number of pyridine rings is 1. The zero-order chi connectivity index (χ0) is 35.2. The number of nitrogens with zero attached hydrogens (tertiary/aromatic N) is 1. The second kappa shape index (κ2) is 16.5. The Morgan fingerprint density at radius 3 is 2.68 bits per heavy atom. The van der Waals surface area contributed by atoms with Gasteiger partial charge in [0.15, 0.2) is 11.5 Å². The number of anilines is 1. The minimum absolute atomic E-state index is 0.0123. The molecule has 2 heterocycles. The van der Waals surface area contributed by atoms with Crippen LogP contribution in [-0.2, 0) is 12.8 Å². The predicted molar refractivity (Wildman–Crippen MR) is 194 cm³/mol. The highest BCUT2D eigenvalue weighted by molar-refractivity contribution is 5.52. The Morgan fingerprint density at radius 1 is 1.08 bits per heavy atom. The SMILES string of the molecule is CC[C@H]1C#C[C@H]2C=C3CCc4cc(O)c(O[C@H](C[C@H](Cc5ccc[nH]5)c5ccnc(N)c5)[C@H](O)CCO)cc4[C@@H]3C[C@@H](O)[C@H]2[C@@H](O)CCCC1. The van der Waals surface area contributed by atoms with E-state index < -0.39 is 24.4 Å². The van der Waals surface area contributed by atoms with Crippen molar-refractivity contribution in [2.45, 2.75) is 114 Å². The molecular weight excluding hydrogens is 630 g/mol. The van der Waals surface area contributed by atoms with Crippen molar-refractivity contribution in [1.29, 1.82) is 0 Å². The summed E-state index contributed by atoms with van der Waals surface area (Å²) in [5.74, 6) is 7.12. The number of ether oxygens (including phenoxy) is 1. The first-order chi connectivity index (χ1) is 24.2. The van der Waals surface area contributed by atoms with E-state index in [0.717, 1.165) is 60.9 Å². The Hall–Kier alpha value is -3.81. The monoisotopic (exact) mass is 683 g/mol. The van der Waals surface area contributed by atoms with Crippen LogP contribution in [0.1, 0.15) is 98.9 Å². The Balaban J connectivity index is 1.32. The molecule has 0 unspecified atom stereocenters. The van der Waals surface area contributed by atoms with Crippen molar-refractivity contribution in [3.8, 4) is 23.3 Å². The Morgan fingerprint density at radius 2 is 1.92 bits per heavy atom. The van der Waals surface area contributed by atoms with Gasteiger partial charge in [-0.15, -0.1) is 0 Å². The standard InChI is InChI=1S/C41H53N3O6/c1-2-25-6-3-4-8-35(47)41-29(10-9-25)18-27-11-12-28-20-36(48)39(24-33(28)32(27)23-37(41)49)50-38(34(46)14-17-45)21-30(19-31-7-5-15-43-31)26-13-16-44-40(42)22-26/h5,7,13,15-16,18,20,22,24-25,29-30,32,34-35,37-38,41,43,45-49H,2-4,6,8,11-12,14,17,19,21,23H2,1H3,(H2,42,44)/t25-,29+,30+,32-,34-,35+,37-,38-,41-/m1/s1. The molecule has 3 aromatic rings. The molecule has 0 amide bonds. The molecule has 3 aliphatic rings. The number of aliphatic hydroxyl groups excluding tert-OH is 4. The van der Waals surface area contributed by atoms with Crippen LogP contribution in [0.4, 0.5) is 5.82 Å². The third-order valence-corrected chi connectivity index (χ3v) is 11.2. The maximum absolute atomic E-state index is 11.7. The summed E-state index contributed by atoms with van der Waals surface area (Å²) in [6, 6.07) is 11.3. The topological polar surface area (TPSA) is 165 Å². The number of phenols is 1. The van der Waals surface area contributed by atoms with Crippen LogP contribution in [0, 0.1) is 29.6 Å². The quantitative estimate of drug-likeness (QED) is 0.103. The van der Waals surface area contributed by atoms with Gasteiger partial charge >= 0.3 is 0 Å². The average Bonchev–Trinajstić information content (AvgIpc) is 3.56. The molecule has 0 saturated heterocycles. The van der Waals surface area contributed by atoms with E-state index in [4.69, 9.17) is 10.5 Å². The van der Waals surface area contributed by atoms with Gasteiger partial charge in [-0.1, -0.05) is 43.3 Å². The van der Waals surface area contributed by atoms with Crippen molar-refractivity contribution >= 4 is 5.82 Å². The summed E-state index contributed by atoms with van der Waals surface area (Å²) < 4.78 is 6.55. The molecular formula is C41H53N3O6. The molecule has 268 valence electrons. The minimum Gasteiger partial charge on any atom is -0.504 e. The number of aromatic nitrogens is 2. The summed E-state index contributed by atoms with van der Waals surface area (Å²) in [5, 5.41) is 55.5. The number of aromatic amines is 1. The maximum atomic E-state index is 11.7. The van der Waals surface area contributed by atoms with Gasteiger partial charge in [0.1, 0.15) is 11.9 Å². The van der Waals surface area contributed by atoms with Gasteiger partial charge < -0.3 is 41.0 Å². The molecule has 9 atom stereocenters. The second-order valence-electron chi connectivity index (χ2n) is 14.5. The van der Waals surface area contributed by atoms with Crippen LogP contribution in [0.15, 0.2) is 60.4 Å². The number of nitrogens with one attached hydrogen (secondary N) is 1. The number of aliphatic hydroxyl groups is 4. The first kappa shape index (κ1) is 36.0. The molecule has 0 saturated carbocycles. The van der Waals surface area contributed by atoms with E-state index in [2.05, 4.69) is 34.8 Å². The van der Waals surface area contributed by atoms with E-state index in [1.807, 2.05) is 36.5 Å².